The molecule has 0 spiro atoms. The van der Waals surface area contributed by atoms with Crippen LogP contribution in [0.3, 0.4) is 0 Å². The first-order valence-corrected chi connectivity index (χ1v) is 6.89. The van der Waals surface area contributed by atoms with Crippen molar-refractivity contribution in [3.05, 3.63) is 62.1 Å². The summed E-state index contributed by atoms with van der Waals surface area (Å²) >= 11 is 1.24. The van der Waals surface area contributed by atoms with Crippen LogP contribution in [0, 0.1) is 6.92 Å². The number of aromatic amines is 1. The van der Waals surface area contributed by atoms with E-state index in [0.717, 1.165) is 5.56 Å². The molecule has 0 amide bonds. The summed E-state index contributed by atoms with van der Waals surface area (Å²) < 4.78 is 0. The molecule has 0 atom stereocenters. The third-order valence-corrected chi connectivity index (χ3v) is 3.98. The molecule has 0 saturated carbocycles. The minimum absolute atomic E-state index is 0.203. The molecule has 0 saturated heterocycles. The quantitative estimate of drug-likeness (QED) is 0.711. The van der Waals surface area contributed by atoms with Crippen molar-refractivity contribution < 1.29 is 9.90 Å². The van der Waals surface area contributed by atoms with Gasteiger partial charge in [-0.25, -0.2) is 0 Å². The number of nitrogens with one attached hydrogen (secondary N) is 1. The molecule has 4 nitrogen and oxygen atoms in total. The van der Waals surface area contributed by atoms with Crippen LogP contribution in [0.1, 0.15) is 20.8 Å². The van der Waals surface area contributed by atoms with E-state index in [0.29, 0.717) is 15.8 Å². The van der Waals surface area contributed by atoms with Gasteiger partial charge in [-0.1, -0.05) is 17.7 Å². The summed E-state index contributed by atoms with van der Waals surface area (Å²) in [5, 5.41) is 12.5. The van der Waals surface area contributed by atoms with Crippen molar-refractivity contribution in [3.8, 4) is 5.75 Å². The van der Waals surface area contributed by atoms with Crippen LogP contribution in [-0.2, 0) is 0 Å². The van der Waals surface area contributed by atoms with E-state index in [2.05, 4.69) is 4.98 Å². The molecule has 0 radical (unpaired) electrons. The Labute approximate surface area is 118 Å². The fourth-order valence-corrected chi connectivity index (χ4v) is 2.80. The smallest absolute Gasteiger partial charge is 0.263 e. The van der Waals surface area contributed by atoms with E-state index in [-0.39, 0.29) is 11.3 Å². The molecular weight excluding hydrogens is 274 g/mol. The first-order chi connectivity index (χ1) is 9.58. The molecule has 0 fully saturated rings. The van der Waals surface area contributed by atoms with Crippen molar-refractivity contribution in [1.82, 2.24) is 4.98 Å². The summed E-state index contributed by atoms with van der Waals surface area (Å²) in [4.78, 5) is 27.4. The van der Waals surface area contributed by atoms with Gasteiger partial charge in [-0.2, -0.15) is 0 Å². The largest absolute Gasteiger partial charge is 0.506 e. The number of fused-ring (bicyclic) bond motifs is 1. The van der Waals surface area contributed by atoms with Gasteiger partial charge in [0.25, 0.3) is 5.56 Å². The molecule has 0 aliphatic carbocycles. The number of rotatable bonds is 2. The normalized spacial score (nSPS) is 10.8. The standard InChI is InChI=1S/C15H11NO3S/c1-8-4-5-10-9(7-8)13(17)12(15(19)16-10)14(18)11-3-2-6-20-11/h2-7H,1H3,(H2,16,17,19). The van der Waals surface area contributed by atoms with E-state index in [1.165, 1.54) is 11.3 Å². The predicted octanol–water partition coefficient (Wildman–Crippen LogP) is 2.83. The van der Waals surface area contributed by atoms with Gasteiger partial charge in [-0.3, -0.25) is 9.59 Å². The highest BCUT2D eigenvalue weighted by Gasteiger charge is 2.21. The Morgan fingerprint density at radius 1 is 1.30 bits per heavy atom. The highest BCUT2D eigenvalue weighted by atomic mass is 32.1. The lowest BCUT2D eigenvalue weighted by atomic mass is 10.0. The fourth-order valence-electron chi connectivity index (χ4n) is 2.13. The minimum Gasteiger partial charge on any atom is -0.506 e. The molecule has 0 unspecified atom stereocenters. The first-order valence-electron chi connectivity index (χ1n) is 6.02. The molecule has 5 heteroatoms. The van der Waals surface area contributed by atoms with E-state index in [4.69, 9.17) is 0 Å². The number of benzene rings is 1. The third kappa shape index (κ3) is 1.92. The van der Waals surface area contributed by atoms with Gasteiger partial charge in [0.2, 0.25) is 5.78 Å². The van der Waals surface area contributed by atoms with Crippen LogP contribution < -0.4 is 5.56 Å². The van der Waals surface area contributed by atoms with Crippen LogP contribution in [-0.4, -0.2) is 15.9 Å². The zero-order chi connectivity index (χ0) is 14.3. The van der Waals surface area contributed by atoms with E-state index >= 15 is 0 Å². The van der Waals surface area contributed by atoms with Crippen LogP contribution in [0.2, 0.25) is 0 Å². The molecule has 3 aromatic rings. The van der Waals surface area contributed by atoms with Gasteiger partial charge >= 0.3 is 0 Å². The maximum absolute atomic E-state index is 12.3. The lowest BCUT2D eigenvalue weighted by Gasteiger charge is -2.06. The molecular formula is C15H11NO3S. The van der Waals surface area contributed by atoms with E-state index in [1.54, 1.807) is 29.6 Å². The fraction of sp³-hybridized carbons (Fsp3) is 0.0667. The summed E-state index contributed by atoms with van der Waals surface area (Å²) in [6.07, 6.45) is 0. The second-order valence-corrected chi connectivity index (χ2v) is 5.48. The Bertz CT molecular complexity index is 863. The Kier molecular flexibility index (Phi) is 2.91. The minimum atomic E-state index is -0.572. The van der Waals surface area contributed by atoms with Crippen LogP contribution in [0.15, 0.2) is 40.5 Å². The van der Waals surface area contributed by atoms with Crippen molar-refractivity contribution in [2.24, 2.45) is 0 Å². The number of carbonyl (C=O) groups excluding carboxylic acids is 1. The van der Waals surface area contributed by atoms with Crippen LogP contribution in [0.4, 0.5) is 0 Å². The Morgan fingerprint density at radius 2 is 2.10 bits per heavy atom. The van der Waals surface area contributed by atoms with Crippen LogP contribution >= 0.6 is 11.3 Å². The third-order valence-electron chi connectivity index (χ3n) is 3.11. The first kappa shape index (κ1) is 12.6. The number of thiophene rings is 1. The number of ketones is 1. The molecule has 3 rings (SSSR count). The van der Waals surface area contributed by atoms with Gasteiger partial charge in [0.05, 0.1) is 10.4 Å². The van der Waals surface area contributed by atoms with Crippen molar-refractivity contribution in [3.63, 3.8) is 0 Å². The van der Waals surface area contributed by atoms with E-state index in [1.807, 2.05) is 13.0 Å². The molecule has 20 heavy (non-hydrogen) atoms. The Morgan fingerprint density at radius 3 is 2.80 bits per heavy atom. The Balaban J connectivity index is 2.31. The molecule has 0 bridgehead atoms. The number of aromatic hydroxyl groups is 1. The zero-order valence-corrected chi connectivity index (χ0v) is 11.5. The number of hydrogen-bond acceptors (Lipinski definition) is 4. The maximum Gasteiger partial charge on any atom is 0.263 e. The number of H-pyrrole nitrogens is 1. The lowest BCUT2D eigenvalue weighted by Crippen LogP contribution is -2.18. The SMILES string of the molecule is Cc1ccc2[nH]c(=O)c(C(=O)c3cccs3)c(O)c2c1. The summed E-state index contributed by atoms with van der Waals surface area (Å²) in [7, 11) is 0. The second-order valence-electron chi connectivity index (χ2n) is 4.53. The lowest BCUT2D eigenvalue weighted by molar-refractivity contribution is 0.103. The molecule has 1 aromatic carbocycles. The van der Waals surface area contributed by atoms with Crippen molar-refractivity contribution in [2.45, 2.75) is 6.92 Å². The zero-order valence-electron chi connectivity index (χ0n) is 10.6. The van der Waals surface area contributed by atoms with E-state index < -0.39 is 11.3 Å². The predicted molar refractivity (Wildman–Crippen MR) is 78.7 cm³/mol. The summed E-state index contributed by atoms with van der Waals surface area (Å²) in [5.41, 5.74) is 0.679. The highest BCUT2D eigenvalue weighted by molar-refractivity contribution is 7.12. The number of aryl methyl sites for hydroxylation is 1. The molecule has 2 heterocycles. The van der Waals surface area contributed by atoms with E-state index in [9.17, 15) is 14.7 Å². The van der Waals surface area contributed by atoms with Crippen LogP contribution in [0.5, 0.6) is 5.75 Å². The number of carbonyl (C=O) groups is 1. The van der Waals surface area contributed by atoms with Gasteiger partial charge in [0, 0.05) is 5.39 Å². The molecule has 100 valence electrons. The summed E-state index contributed by atoms with van der Waals surface area (Å²) in [6, 6.07) is 8.65. The number of aromatic nitrogens is 1. The van der Waals surface area contributed by atoms with Gasteiger partial charge in [-0.15, -0.1) is 11.3 Å². The molecule has 2 N–H and O–H groups in total. The molecule has 2 aromatic heterocycles. The summed E-state index contributed by atoms with van der Waals surface area (Å²) in [6.45, 7) is 1.88. The maximum atomic E-state index is 12.3. The average molecular weight is 285 g/mol. The van der Waals surface area contributed by atoms with Crippen molar-refractivity contribution >= 4 is 28.0 Å². The Hall–Kier alpha value is -2.40. The van der Waals surface area contributed by atoms with Crippen molar-refractivity contribution in [2.75, 3.05) is 0 Å². The highest BCUT2D eigenvalue weighted by Crippen LogP contribution is 2.28. The topological polar surface area (TPSA) is 70.2 Å². The molecule has 0 aliphatic heterocycles. The van der Waals surface area contributed by atoms with Gasteiger partial charge < -0.3 is 10.1 Å². The monoisotopic (exact) mass is 285 g/mol. The second kappa shape index (κ2) is 4.61. The van der Waals surface area contributed by atoms with Gasteiger partial charge in [-0.05, 0) is 30.5 Å². The van der Waals surface area contributed by atoms with Crippen LogP contribution in [0.25, 0.3) is 10.9 Å². The summed E-state index contributed by atoms with van der Waals surface area (Å²) in [5.74, 6) is -0.715. The number of pyridine rings is 1. The van der Waals surface area contributed by atoms with Crippen molar-refractivity contribution in [1.29, 1.82) is 0 Å². The molecule has 0 aliphatic rings. The average Bonchev–Trinajstić information content (AvgIpc) is 2.93. The van der Waals surface area contributed by atoms with Gasteiger partial charge in [0.15, 0.2) is 0 Å². The number of hydrogen-bond donors (Lipinski definition) is 2. The van der Waals surface area contributed by atoms with Gasteiger partial charge in [0.1, 0.15) is 11.3 Å².